The molecule has 1 aromatic heterocycles. The first kappa shape index (κ1) is 18.6. The van der Waals surface area contributed by atoms with Crippen LogP contribution in [0.4, 0.5) is 5.69 Å². The van der Waals surface area contributed by atoms with Crippen molar-refractivity contribution in [1.82, 2.24) is 4.98 Å². The van der Waals surface area contributed by atoms with E-state index >= 15 is 0 Å². The Morgan fingerprint density at radius 3 is 2.64 bits per heavy atom. The minimum atomic E-state index is 0.0430. The minimum Gasteiger partial charge on any atom is -0.327 e. The summed E-state index contributed by atoms with van der Waals surface area (Å²) >= 11 is 1.81. The number of nitrogens with one attached hydrogen (secondary N) is 2. The molecule has 0 radical (unpaired) electrons. The fourth-order valence-corrected chi connectivity index (χ4v) is 4.88. The number of para-hydroxylation sites is 1. The number of fused-ring (bicyclic) bond motifs is 1. The summed E-state index contributed by atoms with van der Waals surface area (Å²) < 4.78 is 1.26. The van der Waals surface area contributed by atoms with Gasteiger partial charge in [-0.25, -0.2) is 4.98 Å². The molecule has 2 aromatic carbocycles. The Hall–Kier alpha value is -2.75. The molecule has 5 nitrogen and oxygen atoms in total. The molecule has 28 heavy (non-hydrogen) atoms. The zero-order chi connectivity index (χ0) is 19.3. The van der Waals surface area contributed by atoms with E-state index in [1.165, 1.54) is 14.6 Å². The molecule has 0 spiro atoms. The van der Waals surface area contributed by atoms with Crippen LogP contribution in [0.1, 0.15) is 29.3 Å². The number of nitrogens with zero attached hydrogens (tertiary/aromatic N) is 2. The third-order valence-electron chi connectivity index (χ3n) is 5.28. The van der Waals surface area contributed by atoms with Gasteiger partial charge in [0.1, 0.15) is 0 Å². The Bertz CT molecular complexity index is 964. The Morgan fingerprint density at radius 2 is 1.93 bits per heavy atom. The number of rotatable bonds is 5. The Balaban J connectivity index is 1.28. The zero-order valence-electron chi connectivity index (χ0n) is 15.6. The zero-order valence-corrected chi connectivity index (χ0v) is 16.5. The Labute approximate surface area is 168 Å². The highest BCUT2D eigenvalue weighted by Gasteiger charge is 2.27. The van der Waals surface area contributed by atoms with Gasteiger partial charge in [-0.1, -0.05) is 24.3 Å². The van der Waals surface area contributed by atoms with E-state index in [9.17, 15) is 4.79 Å². The fraction of sp³-hybridized carbons (Fsp3) is 0.318. The Morgan fingerprint density at radius 1 is 1.18 bits per heavy atom. The van der Waals surface area contributed by atoms with Gasteiger partial charge in [0.05, 0.1) is 40.8 Å². The molecule has 1 fully saturated rings. The van der Waals surface area contributed by atoms with E-state index in [0.717, 1.165) is 42.7 Å². The van der Waals surface area contributed by atoms with Crippen molar-refractivity contribution >= 4 is 33.1 Å². The molecule has 1 saturated heterocycles. The molecule has 4 rings (SSSR count). The predicted octanol–water partition coefficient (Wildman–Crippen LogP) is 2.76. The van der Waals surface area contributed by atoms with Crippen LogP contribution in [0.2, 0.25) is 0 Å². The second-order valence-corrected chi connectivity index (χ2v) is 8.36. The number of aromatic nitrogens is 1. The van der Waals surface area contributed by atoms with Crippen molar-refractivity contribution in [2.75, 3.05) is 25.0 Å². The largest absolute Gasteiger partial charge is 0.327 e. The smallest absolute Gasteiger partial charge is 0.279 e. The van der Waals surface area contributed by atoms with Gasteiger partial charge >= 0.3 is 0 Å². The van der Waals surface area contributed by atoms with Gasteiger partial charge in [0.15, 0.2) is 6.54 Å². The monoisotopic (exact) mass is 391 g/mol. The maximum Gasteiger partial charge on any atom is 0.279 e. The van der Waals surface area contributed by atoms with Crippen molar-refractivity contribution in [2.24, 2.45) is 0 Å². The van der Waals surface area contributed by atoms with E-state index in [4.69, 9.17) is 10.2 Å². The van der Waals surface area contributed by atoms with Gasteiger partial charge in [-0.05, 0) is 29.8 Å². The van der Waals surface area contributed by atoms with E-state index < -0.39 is 0 Å². The lowest BCUT2D eigenvalue weighted by Crippen LogP contribution is -3.14. The summed E-state index contributed by atoms with van der Waals surface area (Å²) in [6, 6.07) is 17.9. The average Bonchev–Trinajstić information content (AvgIpc) is 3.14. The number of carbonyl (C=O) groups is 1. The molecule has 2 N–H and O–H groups in total. The second-order valence-electron chi connectivity index (χ2n) is 7.30. The summed E-state index contributed by atoms with van der Waals surface area (Å²) in [5.41, 5.74) is 2.84. The molecule has 0 bridgehead atoms. The third kappa shape index (κ3) is 4.38. The molecule has 0 atom stereocenters. The number of piperidine rings is 1. The summed E-state index contributed by atoms with van der Waals surface area (Å²) in [6.07, 6.45) is 2.54. The first-order chi connectivity index (χ1) is 13.7. The van der Waals surface area contributed by atoms with Crippen molar-refractivity contribution in [1.29, 1.82) is 5.26 Å². The highest BCUT2D eigenvalue weighted by molar-refractivity contribution is 7.18. The number of amides is 1. The maximum absolute atomic E-state index is 12.4. The van der Waals surface area contributed by atoms with E-state index in [1.807, 2.05) is 30.3 Å². The molecule has 0 aliphatic carbocycles. The number of thiazole rings is 1. The molecule has 6 heteroatoms. The van der Waals surface area contributed by atoms with E-state index in [0.29, 0.717) is 18.9 Å². The van der Waals surface area contributed by atoms with Gasteiger partial charge in [-0.3, -0.25) is 4.79 Å². The molecule has 1 amide bonds. The third-order valence-corrected chi connectivity index (χ3v) is 6.48. The highest BCUT2D eigenvalue weighted by atomic mass is 32.1. The number of anilines is 1. The maximum atomic E-state index is 12.4. The van der Waals surface area contributed by atoms with Crippen LogP contribution in [0, 0.1) is 11.3 Å². The Kier molecular flexibility index (Phi) is 5.65. The lowest BCUT2D eigenvalue weighted by Gasteiger charge is -2.27. The summed E-state index contributed by atoms with van der Waals surface area (Å²) in [5, 5.41) is 12.9. The van der Waals surface area contributed by atoms with Crippen molar-refractivity contribution in [3.8, 4) is 6.07 Å². The van der Waals surface area contributed by atoms with Crippen LogP contribution in [0.25, 0.3) is 10.2 Å². The molecule has 2 heterocycles. The predicted molar refractivity (Wildman–Crippen MR) is 112 cm³/mol. The standard InChI is InChI=1S/C22H22N4OS/c23-12-9-16-5-7-18(8-6-16)24-21(27)15-26-13-10-17(11-14-26)22-25-19-3-1-2-4-20(19)28-22/h1-8,17H,9-11,13-15H2,(H,24,27)/p+1. The minimum absolute atomic E-state index is 0.0430. The second kappa shape index (κ2) is 8.51. The number of hydrogen-bond donors (Lipinski definition) is 2. The number of quaternary nitrogens is 1. The van der Waals surface area contributed by atoms with Crippen LogP contribution in [-0.2, 0) is 11.2 Å². The van der Waals surface area contributed by atoms with Gasteiger partial charge in [0, 0.05) is 24.4 Å². The molecule has 142 valence electrons. The quantitative estimate of drug-likeness (QED) is 0.703. The molecular formula is C22H23N4OS+. The molecular weight excluding hydrogens is 368 g/mol. The molecule has 0 saturated carbocycles. The molecule has 1 aliphatic heterocycles. The topological polar surface area (TPSA) is 70.2 Å². The summed E-state index contributed by atoms with van der Waals surface area (Å²) in [7, 11) is 0. The number of hydrogen-bond acceptors (Lipinski definition) is 4. The average molecular weight is 392 g/mol. The van der Waals surface area contributed by atoms with Crippen LogP contribution in [0.15, 0.2) is 48.5 Å². The number of nitriles is 1. The lowest BCUT2D eigenvalue weighted by molar-refractivity contribution is -0.897. The van der Waals surface area contributed by atoms with Gasteiger partial charge in [-0.15, -0.1) is 11.3 Å². The summed E-state index contributed by atoms with van der Waals surface area (Å²) in [4.78, 5) is 18.5. The van der Waals surface area contributed by atoms with Crippen LogP contribution in [0.5, 0.6) is 0 Å². The van der Waals surface area contributed by atoms with E-state index in [2.05, 4.69) is 29.6 Å². The van der Waals surface area contributed by atoms with Gasteiger partial charge in [-0.2, -0.15) is 5.26 Å². The van der Waals surface area contributed by atoms with Crippen molar-refractivity contribution in [2.45, 2.75) is 25.2 Å². The molecule has 1 aliphatic rings. The first-order valence-electron chi connectivity index (χ1n) is 9.66. The number of likely N-dealkylation sites (tertiary alicyclic amines) is 1. The van der Waals surface area contributed by atoms with Gasteiger partial charge < -0.3 is 10.2 Å². The lowest BCUT2D eigenvalue weighted by atomic mass is 9.97. The van der Waals surface area contributed by atoms with Crippen LogP contribution in [-0.4, -0.2) is 30.5 Å². The SMILES string of the molecule is N#CCc1ccc(NC(=O)C[NH+]2CCC(c3nc4ccccc4s3)CC2)cc1. The van der Waals surface area contributed by atoms with Crippen LogP contribution >= 0.6 is 11.3 Å². The normalized spacial score (nSPS) is 19.2. The molecule has 0 unspecified atom stereocenters. The molecule has 3 aromatic rings. The first-order valence-corrected chi connectivity index (χ1v) is 10.5. The van der Waals surface area contributed by atoms with Crippen molar-refractivity contribution < 1.29 is 9.69 Å². The summed E-state index contributed by atoms with van der Waals surface area (Å²) in [5.74, 6) is 0.554. The van der Waals surface area contributed by atoms with E-state index in [-0.39, 0.29) is 5.91 Å². The number of benzene rings is 2. The van der Waals surface area contributed by atoms with Crippen LogP contribution in [0.3, 0.4) is 0 Å². The van der Waals surface area contributed by atoms with Crippen molar-refractivity contribution in [3.63, 3.8) is 0 Å². The van der Waals surface area contributed by atoms with Crippen molar-refractivity contribution in [3.05, 3.63) is 59.1 Å². The fourth-order valence-electron chi connectivity index (χ4n) is 3.74. The number of carbonyl (C=O) groups excluding carboxylic acids is 1. The summed E-state index contributed by atoms with van der Waals surface area (Å²) in [6.45, 7) is 2.48. The van der Waals surface area contributed by atoms with Gasteiger partial charge in [0.2, 0.25) is 0 Å². The van der Waals surface area contributed by atoms with Gasteiger partial charge in [0.25, 0.3) is 5.91 Å². The highest BCUT2D eigenvalue weighted by Crippen LogP contribution is 2.31. The van der Waals surface area contributed by atoms with E-state index in [1.54, 1.807) is 11.3 Å². The van der Waals surface area contributed by atoms with Crippen LogP contribution < -0.4 is 10.2 Å².